The van der Waals surface area contributed by atoms with Crippen LogP contribution in [0, 0.1) is 10.1 Å². The third kappa shape index (κ3) is 3.78. The van der Waals surface area contributed by atoms with Crippen LogP contribution in [0.15, 0.2) is 40.9 Å². The van der Waals surface area contributed by atoms with Crippen LogP contribution in [0.5, 0.6) is 17.2 Å². The first kappa shape index (κ1) is 16.8. The second-order valence-corrected chi connectivity index (χ2v) is 5.18. The molecule has 0 aliphatic rings. The summed E-state index contributed by atoms with van der Waals surface area (Å²) in [4.78, 5) is 22.7. The number of halogens is 1. The number of carbonyl (C=O) groups excluding carboxylic acids is 1. The van der Waals surface area contributed by atoms with Crippen molar-refractivity contribution < 1.29 is 23.9 Å². The topological polar surface area (TPSA) is 87.9 Å². The van der Waals surface area contributed by atoms with Crippen molar-refractivity contribution in [2.24, 2.45) is 0 Å². The van der Waals surface area contributed by atoms with Gasteiger partial charge in [0.1, 0.15) is 11.5 Å². The lowest BCUT2D eigenvalue weighted by molar-refractivity contribution is -0.385. The molecule has 0 radical (unpaired) electrons. The van der Waals surface area contributed by atoms with Crippen LogP contribution in [0.4, 0.5) is 5.69 Å². The molecule has 2 aromatic rings. The maximum Gasteiger partial charge on any atom is 0.345 e. The second-order valence-electron chi connectivity index (χ2n) is 4.33. The number of esters is 1. The number of ether oxygens (including phenoxy) is 3. The van der Waals surface area contributed by atoms with E-state index in [9.17, 15) is 14.9 Å². The van der Waals surface area contributed by atoms with Crippen LogP contribution >= 0.6 is 15.9 Å². The first-order chi connectivity index (χ1) is 11.0. The van der Waals surface area contributed by atoms with Crippen LogP contribution in [-0.2, 0) is 0 Å². The van der Waals surface area contributed by atoms with E-state index >= 15 is 0 Å². The normalized spacial score (nSPS) is 10.0. The highest BCUT2D eigenvalue weighted by Crippen LogP contribution is 2.32. The van der Waals surface area contributed by atoms with Gasteiger partial charge in [-0.25, -0.2) is 4.79 Å². The number of carbonyl (C=O) groups is 1. The highest BCUT2D eigenvalue weighted by Gasteiger charge is 2.21. The van der Waals surface area contributed by atoms with Crippen molar-refractivity contribution in [2.75, 3.05) is 14.2 Å². The van der Waals surface area contributed by atoms with Gasteiger partial charge in [-0.05, 0) is 46.3 Å². The predicted molar refractivity (Wildman–Crippen MR) is 85.3 cm³/mol. The minimum absolute atomic E-state index is 0.171. The summed E-state index contributed by atoms with van der Waals surface area (Å²) in [5.41, 5.74) is -0.175. The van der Waals surface area contributed by atoms with Crippen molar-refractivity contribution in [1.82, 2.24) is 0 Å². The lowest BCUT2D eigenvalue weighted by Crippen LogP contribution is -2.11. The summed E-state index contributed by atoms with van der Waals surface area (Å²) >= 11 is 3.23. The minimum Gasteiger partial charge on any atom is -0.497 e. The number of nitro benzene ring substituents is 1. The summed E-state index contributed by atoms with van der Waals surface area (Å²) in [6.45, 7) is 0. The molecule has 2 rings (SSSR count). The summed E-state index contributed by atoms with van der Waals surface area (Å²) < 4.78 is 15.6. The Hall–Kier alpha value is -2.61. The van der Waals surface area contributed by atoms with Gasteiger partial charge in [-0.2, -0.15) is 0 Å². The standard InChI is InChI=1S/C15H12BrNO6/c1-21-9-3-5-12(16)11(7-9)15(18)23-14-6-4-10(22-2)8-13(14)17(19)20/h3-8H,1-2H3. The zero-order valence-electron chi connectivity index (χ0n) is 12.2. The predicted octanol–water partition coefficient (Wildman–Crippen LogP) is 3.59. The van der Waals surface area contributed by atoms with E-state index in [0.29, 0.717) is 16.0 Å². The molecule has 0 unspecified atom stereocenters. The third-order valence-electron chi connectivity index (χ3n) is 2.96. The molecule has 0 saturated heterocycles. The van der Waals surface area contributed by atoms with E-state index in [2.05, 4.69) is 15.9 Å². The van der Waals surface area contributed by atoms with Gasteiger partial charge in [0, 0.05) is 4.47 Å². The van der Waals surface area contributed by atoms with Crippen molar-refractivity contribution in [3.63, 3.8) is 0 Å². The number of hydrogen-bond donors (Lipinski definition) is 0. The Morgan fingerprint density at radius 3 is 2.30 bits per heavy atom. The van der Waals surface area contributed by atoms with Gasteiger partial charge in [0.2, 0.25) is 5.75 Å². The average Bonchev–Trinajstić information content (AvgIpc) is 2.55. The monoisotopic (exact) mass is 381 g/mol. The van der Waals surface area contributed by atoms with Crippen LogP contribution in [0.3, 0.4) is 0 Å². The maximum absolute atomic E-state index is 12.3. The molecule has 0 N–H and O–H groups in total. The highest BCUT2D eigenvalue weighted by atomic mass is 79.9. The zero-order valence-corrected chi connectivity index (χ0v) is 13.8. The molecule has 23 heavy (non-hydrogen) atoms. The molecule has 8 heteroatoms. The molecular weight excluding hydrogens is 370 g/mol. The Bertz CT molecular complexity index is 762. The van der Waals surface area contributed by atoms with E-state index in [4.69, 9.17) is 14.2 Å². The molecule has 0 saturated carbocycles. The fourth-order valence-electron chi connectivity index (χ4n) is 1.80. The molecule has 0 atom stereocenters. The number of nitrogens with zero attached hydrogens (tertiary/aromatic N) is 1. The van der Waals surface area contributed by atoms with Crippen LogP contribution in [0.25, 0.3) is 0 Å². The van der Waals surface area contributed by atoms with Crippen molar-refractivity contribution in [2.45, 2.75) is 0 Å². The van der Waals surface area contributed by atoms with Gasteiger partial charge < -0.3 is 14.2 Å². The Morgan fingerprint density at radius 1 is 1.09 bits per heavy atom. The molecule has 0 fully saturated rings. The van der Waals surface area contributed by atoms with Gasteiger partial charge in [-0.3, -0.25) is 10.1 Å². The SMILES string of the molecule is COc1ccc(Br)c(C(=O)Oc2ccc(OC)cc2[N+](=O)[O-])c1. The first-order valence-electron chi connectivity index (χ1n) is 6.34. The molecule has 0 heterocycles. The molecule has 0 amide bonds. The van der Waals surface area contributed by atoms with Crippen LogP contribution in [0.2, 0.25) is 0 Å². The van der Waals surface area contributed by atoms with Crippen molar-refractivity contribution in [3.8, 4) is 17.2 Å². The Balaban J connectivity index is 2.35. The average molecular weight is 382 g/mol. The largest absolute Gasteiger partial charge is 0.497 e. The lowest BCUT2D eigenvalue weighted by atomic mass is 10.2. The molecular formula is C15H12BrNO6. The van der Waals surface area contributed by atoms with Gasteiger partial charge in [0.05, 0.1) is 30.8 Å². The number of methoxy groups -OCH3 is 2. The molecule has 0 aliphatic heterocycles. The van der Waals surface area contributed by atoms with Gasteiger partial charge >= 0.3 is 11.7 Å². The minimum atomic E-state index is -0.746. The van der Waals surface area contributed by atoms with Crippen molar-refractivity contribution >= 4 is 27.6 Å². The molecule has 7 nitrogen and oxygen atoms in total. The van der Waals surface area contributed by atoms with Crippen molar-refractivity contribution in [1.29, 1.82) is 0 Å². The Labute approximate surface area is 140 Å². The van der Waals surface area contributed by atoms with Gasteiger partial charge in [0.25, 0.3) is 0 Å². The number of hydrogen-bond acceptors (Lipinski definition) is 6. The highest BCUT2D eigenvalue weighted by molar-refractivity contribution is 9.10. The molecule has 0 aliphatic carbocycles. The van der Waals surface area contributed by atoms with E-state index in [0.717, 1.165) is 0 Å². The fraction of sp³-hybridized carbons (Fsp3) is 0.133. The fourth-order valence-corrected chi connectivity index (χ4v) is 2.20. The zero-order chi connectivity index (χ0) is 17.0. The van der Waals surface area contributed by atoms with E-state index < -0.39 is 10.9 Å². The number of benzene rings is 2. The first-order valence-corrected chi connectivity index (χ1v) is 7.13. The second kappa shape index (κ2) is 7.10. The van der Waals surface area contributed by atoms with Crippen molar-refractivity contribution in [3.05, 3.63) is 56.5 Å². The van der Waals surface area contributed by atoms with Crippen LogP contribution < -0.4 is 14.2 Å². The molecule has 120 valence electrons. The smallest absolute Gasteiger partial charge is 0.345 e. The summed E-state index contributed by atoms with van der Waals surface area (Å²) in [5.74, 6) is -0.164. The third-order valence-corrected chi connectivity index (χ3v) is 3.65. The Kier molecular flexibility index (Phi) is 5.17. The molecule has 2 aromatic carbocycles. The summed E-state index contributed by atoms with van der Waals surface area (Å²) in [6, 6.07) is 8.72. The van der Waals surface area contributed by atoms with Gasteiger partial charge in [0.15, 0.2) is 0 Å². The maximum atomic E-state index is 12.3. The van der Waals surface area contributed by atoms with Gasteiger partial charge in [-0.1, -0.05) is 0 Å². The van der Waals surface area contributed by atoms with E-state index in [-0.39, 0.29) is 17.0 Å². The van der Waals surface area contributed by atoms with E-state index in [1.165, 1.54) is 38.5 Å². The molecule has 0 spiro atoms. The van der Waals surface area contributed by atoms with Crippen LogP contribution in [-0.4, -0.2) is 25.1 Å². The summed E-state index contributed by atoms with van der Waals surface area (Å²) in [6.07, 6.45) is 0. The quantitative estimate of drug-likeness (QED) is 0.340. The number of rotatable bonds is 5. The molecule has 0 aromatic heterocycles. The molecule has 0 bridgehead atoms. The van der Waals surface area contributed by atoms with Gasteiger partial charge in [-0.15, -0.1) is 0 Å². The van der Waals surface area contributed by atoms with Crippen LogP contribution in [0.1, 0.15) is 10.4 Å². The summed E-state index contributed by atoms with van der Waals surface area (Å²) in [7, 11) is 2.85. The Morgan fingerprint density at radius 2 is 1.70 bits per heavy atom. The van der Waals surface area contributed by atoms with E-state index in [1.54, 1.807) is 12.1 Å². The van der Waals surface area contributed by atoms with E-state index in [1.807, 2.05) is 0 Å². The number of nitro groups is 1. The summed E-state index contributed by atoms with van der Waals surface area (Å²) in [5, 5.41) is 11.1. The lowest BCUT2D eigenvalue weighted by Gasteiger charge is -2.09.